The van der Waals surface area contributed by atoms with Crippen molar-refractivity contribution in [3.05, 3.63) is 0 Å². The Morgan fingerprint density at radius 2 is 2.00 bits per heavy atom. The number of nitrogens with one attached hydrogen (secondary N) is 1. The molecule has 66 valence electrons. The zero-order chi connectivity index (χ0) is 8.69. The molecule has 0 radical (unpaired) electrons. The van der Waals surface area contributed by atoms with Gasteiger partial charge in [-0.1, -0.05) is 13.8 Å². The summed E-state index contributed by atoms with van der Waals surface area (Å²) in [7, 11) is 2.42. The van der Waals surface area contributed by atoms with Crippen molar-refractivity contribution in [1.29, 1.82) is 0 Å². The first-order chi connectivity index (χ1) is 5.20. The molecule has 0 aliphatic carbocycles. The summed E-state index contributed by atoms with van der Waals surface area (Å²) in [5, 5.41) is 9.88. The summed E-state index contributed by atoms with van der Waals surface area (Å²) < 4.78 is 4.10. The predicted octanol–water partition coefficient (Wildman–Crippen LogP) is -2.52. The van der Waals surface area contributed by atoms with Gasteiger partial charge in [-0.2, -0.15) is 0 Å². The van der Waals surface area contributed by atoms with Gasteiger partial charge in [0.15, 0.2) is 0 Å². The molecule has 0 aliphatic rings. The van der Waals surface area contributed by atoms with Gasteiger partial charge in [-0.25, -0.2) is 4.31 Å². The smallest absolute Gasteiger partial charge is 0.529 e. The van der Waals surface area contributed by atoms with Crippen LogP contribution in [-0.4, -0.2) is 23.5 Å². The Morgan fingerprint density at radius 3 is 2.33 bits per heavy atom. The molecule has 0 aromatic rings. The molecule has 0 aromatic heterocycles. The van der Waals surface area contributed by atoms with Crippen molar-refractivity contribution in [2.24, 2.45) is 0 Å². The average Bonchev–Trinajstić information content (AvgIpc) is 1.98. The van der Waals surface area contributed by atoms with Gasteiger partial charge in [-0.05, 0) is 0 Å². The summed E-state index contributed by atoms with van der Waals surface area (Å²) in [4.78, 5) is 9.88. The molecule has 0 fully saturated rings. The van der Waals surface area contributed by atoms with E-state index in [0.717, 1.165) is 24.1 Å². The molecule has 12 heavy (non-hydrogen) atoms. The second-order valence-electron chi connectivity index (χ2n) is 1.66. The summed E-state index contributed by atoms with van der Waals surface area (Å²) in [6, 6.07) is 0. The van der Waals surface area contributed by atoms with E-state index in [0.29, 0.717) is 0 Å². The fourth-order valence-electron chi connectivity index (χ4n) is 0.434. The molecule has 0 atom stereocenters. The van der Waals surface area contributed by atoms with E-state index in [-0.39, 0.29) is 29.6 Å². The molecule has 0 saturated carbocycles. The van der Waals surface area contributed by atoms with Crippen molar-refractivity contribution >= 4 is 28.1 Å². The molecule has 0 spiro atoms. The average molecular weight is 218 g/mol. The van der Waals surface area contributed by atoms with E-state index in [4.69, 9.17) is 0 Å². The van der Waals surface area contributed by atoms with Gasteiger partial charge >= 0.3 is 29.6 Å². The standard InChI is InChI=1S/C5H12N2O2S2.Na/c1-3-7(4-2)11-10-6-5(8)9;/h6H,3-4H2,1-2H3,(H,8,9);/q;+1/p-1. The minimum Gasteiger partial charge on any atom is -0.529 e. The molecule has 0 heterocycles. The van der Waals surface area contributed by atoms with Crippen LogP contribution in [0.25, 0.3) is 0 Å². The zero-order valence-corrected chi connectivity index (χ0v) is 11.1. The van der Waals surface area contributed by atoms with Crippen LogP contribution >= 0.6 is 22.0 Å². The van der Waals surface area contributed by atoms with Crippen LogP contribution in [0.4, 0.5) is 4.79 Å². The molecule has 0 bridgehead atoms. The number of carbonyl (C=O) groups is 1. The van der Waals surface area contributed by atoms with Crippen LogP contribution in [0.5, 0.6) is 0 Å². The fourth-order valence-corrected chi connectivity index (χ4v) is 2.12. The maximum absolute atomic E-state index is 9.88. The Labute approximate surface area is 103 Å². The van der Waals surface area contributed by atoms with Gasteiger partial charge in [-0.15, -0.1) is 0 Å². The minimum atomic E-state index is -1.25. The number of hydrogen-bond donors (Lipinski definition) is 1. The summed E-state index contributed by atoms with van der Waals surface area (Å²) in [6.07, 6.45) is -1.25. The van der Waals surface area contributed by atoms with E-state index in [2.05, 4.69) is 4.72 Å². The number of carboxylic acid groups (broad SMARTS) is 1. The van der Waals surface area contributed by atoms with E-state index >= 15 is 0 Å². The third kappa shape index (κ3) is 9.02. The van der Waals surface area contributed by atoms with Crippen LogP contribution in [0.3, 0.4) is 0 Å². The number of rotatable bonds is 5. The Balaban J connectivity index is 0. The predicted molar refractivity (Wildman–Crippen MR) is 46.6 cm³/mol. The van der Waals surface area contributed by atoms with Gasteiger partial charge in [-0.3, -0.25) is 0 Å². The van der Waals surface area contributed by atoms with Crippen LogP contribution in [-0.2, 0) is 0 Å². The fraction of sp³-hybridized carbons (Fsp3) is 0.800. The maximum Gasteiger partial charge on any atom is 1.00 e. The van der Waals surface area contributed by atoms with E-state index in [1.165, 1.54) is 11.0 Å². The normalized spacial score (nSPS) is 9.25. The number of carbonyl (C=O) groups excluding carboxylic acids is 1. The van der Waals surface area contributed by atoms with Crippen molar-refractivity contribution in [2.45, 2.75) is 13.8 Å². The van der Waals surface area contributed by atoms with E-state index in [1.54, 1.807) is 0 Å². The molecule has 0 unspecified atom stereocenters. The number of nitrogens with zero attached hydrogens (tertiary/aromatic N) is 1. The second-order valence-corrected chi connectivity index (χ2v) is 3.65. The van der Waals surface area contributed by atoms with Crippen LogP contribution < -0.4 is 39.4 Å². The topological polar surface area (TPSA) is 55.4 Å². The third-order valence-corrected chi connectivity index (χ3v) is 3.13. The Morgan fingerprint density at radius 1 is 1.50 bits per heavy atom. The maximum atomic E-state index is 9.88. The van der Waals surface area contributed by atoms with Gasteiger partial charge < -0.3 is 14.6 Å². The number of hydrogen-bond acceptors (Lipinski definition) is 5. The second kappa shape index (κ2) is 10.0. The quantitative estimate of drug-likeness (QED) is 0.313. The Kier molecular flexibility index (Phi) is 12.9. The van der Waals surface area contributed by atoms with Gasteiger partial charge in [0.05, 0.1) is 0 Å². The van der Waals surface area contributed by atoms with Gasteiger partial charge in [0.1, 0.15) is 6.09 Å². The molecular weight excluding hydrogens is 207 g/mol. The molecule has 0 saturated heterocycles. The summed E-state index contributed by atoms with van der Waals surface area (Å²) in [5.74, 6) is 0. The summed E-state index contributed by atoms with van der Waals surface area (Å²) >= 11 is 0. The minimum absolute atomic E-state index is 0. The summed E-state index contributed by atoms with van der Waals surface area (Å²) in [6.45, 7) is 5.80. The first-order valence-electron chi connectivity index (χ1n) is 3.26. The Bertz CT molecular complexity index is 124. The van der Waals surface area contributed by atoms with Crippen molar-refractivity contribution in [2.75, 3.05) is 13.1 Å². The summed E-state index contributed by atoms with van der Waals surface area (Å²) in [5.41, 5.74) is 0. The molecular formula is C5H11N2NaO2S2. The SMILES string of the molecule is CCN(CC)SSNC(=O)[O-].[Na+]. The molecule has 1 N–H and O–H groups in total. The largest absolute Gasteiger partial charge is 1.00 e. The van der Waals surface area contributed by atoms with E-state index < -0.39 is 6.09 Å². The molecule has 0 aromatic carbocycles. The van der Waals surface area contributed by atoms with Crippen molar-refractivity contribution < 1.29 is 39.5 Å². The van der Waals surface area contributed by atoms with Gasteiger partial charge in [0.2, 0.25) is 0 Å². The van der Waals surface area contributed by atoms with Crippen molar-refractivity contribution in [3.63, 3.8) is 0 Å². The zero-order valence-electron chi connectivity index (χ0n) is 7.49. The first-order valence-corrected chi connectivity index (χ1v) is 5.37. The van der Waals surface area contributed by atoms with Crippen LogP contribution in [0.1, 0.15) is 13.8 Å². The third-order valence-electron chi connectivity index (χ3n) is 0.973. The number of amides is 1. The Hall–Kier alpha value is 0.930. The monoisotopic (exact) mass is 218 g/mol. The van der Waals surface area contributed by atoms with Gasteiger partial charge in [0, 0.05) is 35.0 Å². The van der Waals surface area contributed by atoms with Crippen LogP contribution in [0, 0.1) is 0 Å². The van der Waals surface area contributed by atoms with Crippen molar-refractivity contribution in [1.82, 2.24) is 9.03 Å². The van der Waals surface area contributed by atoms with Crippen LogP contribution in [0.15, 0.2) is 0 Å². The molecule has 1 amide bonds. The van der Waals surface area contributed by atoms with E-state index in [9.17, 15) is 9.90 Å². The first kappa shape index (κ1) is 15.4. The van der Waals surface area contributed by atoms with Crippen LogP contribution in [0.2, 0.25) is 0 Å². The van der Waals surface area contributed by atoms with E-state index in [1.807, 2.05) is 18.2 Å². The molecule has 0 rings (SSSR count). The van der Waals surface area contributed by atoms with Crippen molar-refractivity contribution in [3.8, 4) is 0 Å². The molecule has 0 aliphatic heterocycles. The molecule has 4 nitrogen and oxygen atoms in total. The molecule has 7 heteroatoms. The van der Waals surface area contributed by atoms with Gasteiger partial charge in [0.25, 0.3) is 0 Å².